The van der Waals surface area contributed by atoms with Crippen LogP contribution in [0.25, 0.3) is 10.2 Å². The number of hydrogen-bond acceptors (Lipinski definition) is 5. The first kappa shape index (κ1) is 18.5. The molecule has 3 aromatic rings. The molecule has 3 heterocycles. The van der Waals surface area contributed by atoms with Crippen LogP contribution < -0.4 is 4.90 Å². The lowest BCUT2D eigenvalue weighted by atomic mass is 10.1. The summed E-state index contributed by atoms with van der Waals surface area (Å²) in [6.45, 7) is 2.50. The average Bonchev–Trinajstić information content (AvgIpc) is 2.95. The molecule has 1 aliphatic heterocycles. The molecule has 29 heavy (non-hydrogen) atoms. The second kappa shape index (κ2) is 7.71. The highest BCUT2D eigenvalue weighted by Crippen LogP contribution is 2.38. The fraction of sp³-hybridized carbons (Fsp3) is 0.409. The molecule has 1 aliphatic carbocycles. The molecule has 0 saturated carbocycles. The van der Waals surface area contributed by atoms with Crippen LogP contribution in [0.5, 0.6) is 0 Å². The quantitative estimate of drug-likeness (QED) is 0.598. The number of carbonyl (C=O) groups excluding carboxylic acids is 1. The zero-order valence-electron chi connectivity index (χ0n) is 16.2. The summed E-state index contributed by atoms with van der Waals surface area (Å²) in [4.78, 5) is 28.4. The van der Waals surface area contributed by atoms with Crippen LogP contribution in [0.4, 0.5) is 10.2 Å². The van der Waals surface area contributed by atoms with Gasteiger partial charge >= 0.3 is 0 Å². The number of rotatable bonds is 2. The standard InChI is InChI=1S/C22H23FN4OS/c23-17-8-5-4-6-15(17)22(28)27-12-10-26(11-13-27)20-19-16-7-2-1-3-9-18(16)29-21(19)25-14-24-20/h4-6,8,14H,1-3,7,9-13H2. The molecule has 5 rings (SSSR count). The molecule has 2 aromatic heterocycles. The van der Waals surface area contributed by atoms with Gasteiger partial charge in [0.05, 0.1) is 10.9 Å². The van der Waals surface area contributed by atoms with E-state index < -0.39 is 5.82 Å². The normalized spacial score (nSPS) is 17.3. The van der Waals surface area contributed by atoms with Crippen LogP contribution in [0.15, 0.2) is 30.6 Å². The van der Waals surface area contributed by atoms with Crippen LogP contribution in [-0.4, -0.2) is 47.0 Å². The van der Waals surface area contributed by atoms with Gasteiger partial charge in [0, 0.05) is 31.1 Å². The molecule has 5 nitrogen and oxygen atoms in total. The minimum Gasteiger partial charge on any atom is -0.352 e. The molecule has 0 radical (unpaired) electrons. The van der Waals surface area contributed by atoms with E-state index in [2.05, 4.69) is 14.9 Å². The maximum absolute atomic E-state index is 14.0. The van der Waals surface area contributed by atoms with Crippen molar-refractivity contribution in [3.63, 3.8) is 0 Å². The minimum absolute atomic E-state index is 0.147. The van der Waals surface area contributed by atoms with E-state index in [1.807, 2.05) is 11.3 Å². The second-order valence-electron chi connectivity index (χ2n) is 7.70. The Hall–Kier alpha value is -2.54. The van der Waals surface area contributed by atoms with Crippen molar-refractivity contribution in [2.45, 2.75) is 32.1 Å². The minimum atomic E-state index is -0.460. The first-order valence-corrected chi connectivity index (χ1v) is 11.1. The molecule has 7 heteroatoms. The SMILES string of the molecule is O=C(c1ccccc1F)N1CCN(c2ncnc3sc4c(c23)CCCCC4)CC1. The Morgan fingerprint density at radius 3 is 2.62 bits per heavy atom. The maximum atomic E-state index is 14.0. The molecule has 1 saturated heterocycles. The lowest BCUT2D eigenvalue weighted by Gasteiger charge is -2.35. The number of halogens is 1. The summed E-state index contributed by atoms with van der Waals surface area (Å²) >= 11 is 1.81. The highest BCUT2D eigenvalue weighted by atomic mass is 32.1. The summed E-state index contributed by atoms with van der Waals surface area (Å²) in [7, 11) is 0. The highest BCUT2D eigenvalue weighted by molar-refractivity contribution is 7.18. The van der Waals surface area contributed by atoms with E-state index in [1.54, 1.807) is 29.4 Å². The summed E-state index contributed by atoms with van der Waals surface area (Å²) in [5.41, 5.74) is 1.58. The Bertz CT molecular complexity index is 1060. The van der Waals surface area contributed by atoms with Crippen LogP contribution in [0.1, 0.15) is 40.1 Å². The number of piperazine rings is 1. The molecule has 1 aromatic carbocycles. The zero-order chi connectivity index (χ0) is 19.8. The van der Waals surface area contributed by atoms with Crippen molar-refractivity contribution in [1.82, 2.24) is 14.9 Å². The Morgan fingerprint density at radius 2 is 1.79 bits per heavy atom. The summed E-state index contributed by atoms with van der Waals surface area (Å²) in [6, 6.07) is 6.20. The Labute approximate surface area is 173 Å². The van der Waals surface area contributed by atoms with Crippen LogP contribution >= 0.6 is 11.3 Å². The van der Waals surface area contributed by atoms with Crippen molar-refractivity contribution in [2.75, 3.05) is 31.1 Å². The molecule has 0 unspecified atom stereocenters. The average molecular weight is 411 g/mol. The van der Waals surface area contributed by atoms with Gasteiger partial charge in [-0.3, -0.25) is 4.79 Å². The number of hydrogen-bond donors (Lipinski definition) is 0. The topological polar surface area (TPSA) is 49.3 Å². The van der Waals surface area contributed by atoms with Gasteiger partial charge in [-0.25, -0.2) is 14.4 Å². The number of benzene rings is 1. The number of thiophene rings is 1. The molecule has 0 bridgehead atoms. The fourth-order valence-corrected chi connectivity index (χ4v) is 5.64. The third-order valence-electron chi connectivity index (χ3n) is 5.95. The van der Waals surface area contributed by atoms with Crippen molar-refractivity contribution in [3.05, 3.63) is 52.4 Å². The number of fused-ring (bicyclic) bond motifs is 3. The summed E-state index contributed by atoms with van der Waals surface area (Å²) < 4.78 is 14.0. The number of aryl methyl sites for hydroxylation is 2. The predicted octanol–water partition coefficient (Wildman–Crippen LogP) is 4.06. The monoisotopic (exact) mass is 410 g/mol. The van der Waals surface area contributed by atoms with Gasteiger partial charge in [0.1, 0.15) is 22.8 Å². The van der Waals surface area contributed by atoms with Crippen LogP contribution in [0.3, 0.4) is 0 Å². The van der Waals surface area contributed by atoms with Crippen LogP contribution in [0, 0.1) is 5.82 Å². The molecule has 0 spiro atoms. The van der Waals surface area contributed by atoms with Crippen LogP contribution in [0.2, 0.25) is 0 Å². The number of aromatic nitrogens is 2. The number of carbonyl (C=O) groups is 1. The lowest BCUT2D eigenvalue weighted by molar-refractivity contribution is 0.0742. The van der Waals surface area contributed by atoms with E-state index in [4.69, 9.17) is 0 Å². The molecule has 0 atom stereocenters. The zero-order valence-corrected chi connectivity index (χ0v) is 17.1. The van der Waals surface area contributed by atoms with Crippen molar-refractivity contribution >= 4 is 33.3 Å². The summed E-state index contributed by atoms with van der Waals surface area (Å²) in [6.07, 6.45) is 7.65. The maximum Gasteiger partial charge on any atom is 0.256 e. The van der Waals surface area contributed by atoms with Gasteiger partial charge < -0.3 is 9.80 Å². The van der Waals surface area contributed by atoms with Crippen LogP contribution in [-0.2, 0) is 12.8 Å². The van der Waals surface area contributed by atoms with E-state index in [0.717, 1.165) is 23.5 Å². The van der Waals surface area contributed by atoms with Gasteiger partial charge in [-0.05, 0) is 43.4 Å². The molecule has 150 valence electrons. The van der Waals surface area contributed by atoms with Crippen molar-refractivity contribution in [2.24, 2.45) is 0 Å². The number of nitrogens with zero attached hydrogens (tertiary/aromatic N) is 4. The predicted molar refractivity (Wildman–Crippen MR) is 113 cm³/mol. The molecule has 2 aliphatic rings. The Kier molecular flexibility index (Phi) is 4.91. The molecular weight excluding hydrogens is 387 g/mol. The molecular formula is C22H23FN4OS. The van der Waals surface area contributed by atoms with Crippen molar-refractivity contribution in [1.29, 1.82) is 0 Å². The first-order chi connectivity index (χ1) is 14.2. The van der Waals surface area contributed by atoms with E-state index in [0.29, 0.717) is 26.2 Å². The number of anilines is 1. The highest BCUT2D eigenvalue weighted by Gasteiger charge is 2.27. The van der Waals surface area contributed by atoms with Gasteiger partial charge in [0.15, 0.2) is 0 Å². The van der Waals surface area contributed by atoms with Crippen molar-refractivity contribution in [3.8, 4) is 0 Å². The molecule has 1 amide bonds. The second-order valence-corrected chi connectivity index (χ2v) is 8.78. The van der Waals surface area contributed by atoms with Gasteiger partial charge in [0.2, 0.25) is 0 Å². The van der Waals surface area contributed by atoms with Gasteiger partial charge in [-0.15, -0.1) is 11.3 Å². The lowest BCUT2D eigenvalue weighted by Crippen LogP contribution is -2.49. The molecule has 0 N–H and O–H groups in total. The first-order valence-electron chi connectivity index (χ1n) is 10.3. The van der Waals surface area contributed by atoms with E-state index >= 15 is 0 Å². The largest absolute Gasteiger partial charge is 0.352 e. The fourth-order valence-electron chi connectivity index (χ4n) is 4.42. The van der Waals surface area contributed by atoms with Gasteiger partial charge in [0.25, 0.3) is 5.91 Å². The van der Waals surface area contributed by atoms with E-state index in [1.165, 1.54) is 41.2 Å². The Balaban J connectivity index is 1.39. The number of amides is 1. The smallest absolute Gasteiger partial charge is 0.256 e. The van der Waals surface area contributed by atoms with Gasteiger partial charge in [-0.1, -0.05) is 18.6 Å². The summed E-state index contributed by atoms with van der Waals surface area (Å²) in [5, 5.41) is 1.21. The van der Waals surface area contributed by atoms with E-state index in [-0.39, 0.29) is 11.5 Å². The van der Waals surface area contributed by atoms with E-state index in [9.17, 15) is 9.18 Å². The van der Waals surface area contributed by atoms with Crippen molar-refractivity contribution < 1.29 is 9.18 Å². The third kappa shape index (κ3) is 3.37. The van der Waals surface area contributed by atoms with Gasteiger partial charge in [-0.2, -0.15) is 0 Å². The molecule has 1 fully saturated rings. The third-order valence-corrected chi connectivity index (χ3v) is 7.15. The summed E-state index contributed by atoms with van der Waals surface area (Å²) in [5.74, 6) is 0.297. The Morgan fingerprint density at radius 1 is 1.00 bits per heavy atom.